The minimum Gasteiger partial charge on any atom is -0.508 e. The van der Waals surface area contributed by atoms with E-state index in [1.165, 1.54) is 12.1 Å². The van der Waals surface area contributed by atoms with Crippen molar-refractivity contribution in [2.75, 3.05) is 6.54 Å². The molecule has 0 aliphatic rings. The van der Waals surface area contributed by atoms with Crippen LogP contribution in [-0.4, -0.2) is 27.7 Å². The van der Waals surface area contributed by atoms with E-state index >= 15 is 0 Å². The molecule has 1 amide bonds. The monoisotopic (exact) mass is 254 g/mol. The molecule has 5 nitrogen and oxygen atoms in total. The van der Waals surface area contributed by atoms with Gasteiger partial charge in [-0.05, 0) is 12.1 Å². The number of nitrogens with two attached hydrogens (primary N) is 1. The Morgan fingerprint density at radius 2 is 2.18 bits per heavy atom. The van der Waals surface area contributed by atoms with E-state index < -0.39 is 5.91 Å². The van der Waals surface area contributed by atoms with Crippen LogP contribution in [0.1, 0.15) is 17.3 Å². The molecule has 92 valence electrons. The molecular formula is C11H14N2O3S. The molecule has 6 heteroatoms. The van der Waals surface area contributed by atoms with Crippen molar-refractivity contribution in [3.8, 4) is 11.5 Å². The average molecular weight is 254 g/mol. The maximum atomic E-state index is 11.7. The summed E-state index contributed by atoms with van der Waals surface area (Å²) in [5.41, 5.74) is 5.50. The van der Waals surface area contributed by atoms with Gasteiger partial charge in [0.15, 0.2) is 0 Å². The molecule has 1 rings (SSSR count). The highest BCUT2D eigenvalue weighted by Crippen LogP contribution is 2.22. The Morgan fingerprint density at radius 3 is 2.71 bits per heavy atom. The number of nitrogens with one attached hydrogen (secondary N) is 1. The number of phenols is 2. The molecule has 17 heavy (non-hydrogen) atoms. The van der Waals surface area contributed by atoms with Gasteiger partial charge in [-0.3, -0.25) is 4.79 Å². The lowest BCUT2D eigenvalue weighted by molar-refractivity contribution is 0.0948. The Morgan fingerprint density at radius 1 is 1.53 bits per heavy atom. The van der Waals surface area contributed by atoms with Gasteiger partial charge in [0.2, 0.25) is 0 Å². The Labute approximate surface area is 104 Å². The predicted molar refractivity (Wildman–Crippen MR) is 68.1 cm³/mol. The van der Waals surface area contributed by atoms with Gasteiger partial charge in [0, 0.05) is 18.5 Å². The number of aromatic hydroxyl groups is 2. The second-order valence-corrected chi connectivity index (χ2v) is 4.19. The first-order valence-corrected chi connectivity index (χ1v) is 5.42. The minimum absolute atomic E-state index is 0.0953. The number of amides is 1. The molecule has 0 saturated heterocycles. The third-order valence-electron chi connectivity index (χ3n) is 2.28. The highest BCUT2D eigenvalue weighted by Gasteiger charge is 2.13. The zero-order chi connectivity index (χ0) is 13.0. The van der Waals surface area contributed by atoms with E-state index in [4.69, 9.17) is 23.1 Å². The molecule has 0 heterocycles. The molecule has 0 spiro atoms. The van der Waals surface area contributed by atoms with Gasteiger partial charge in [0.25, 0.3) is 5.91 Å². The molecule has 0 fully saturated rings. The van der Waals surface area contributed by atoms with Crippen LogP contribution in [0.5, 0.6) is 11.5 Å². The van der Waals surface area contributed by atoms with Crippen LogP contribution in [0.4, 0.5) is 0 Å². The van der Waals surface area contributed by atoms with Gasteiger partial charge in [-0.25, -0.2) is 0 Å². The number of carbonyl (C=O) groups is 1. The van der Waals surface area contributed by atoms with Gasteiger partial charge in [-0.2, -0.15) is 0 Å². The molecule has 1 unspecified atom stereocenters. The second-order valence-electron chi connectivity index (χ2n) is 3.71. The van der Waals surface area contributed by atoms with Crippen LogP contribution in [-0.2, 0) is 0 Å². The van der Waals surface area contributed by atoms with Crippen molar-refractivity contribution in [1.82, 2.24) is 5.32 Å². The highest BCUT2D eigenvalue weighted by molar-refractivity contribution is 7.80. The van der Waals surface area contributed by atoms with Crippen molar-refractivity contribution >= 4 is 23.1 Å². The molecule has 1 aromatic rings. The Hall–Kier alpha value is -1.82. The largest absolute Gasteiger partial charge is 0.508 e. The normalized spacial score (nSPS) is 11.8. The summed E-state index contributed by atoms with van der Waals surface area (Å²) in [6.07, 6.45) is 0. The third kappa shape index (κ3) is 3.60. The molecule has 0 radical (unpaired) electrons. The van der Waals surface area contributed by atoms with Crippen molar-refractivity contribution in [3.63, 3.8) is 0 Å². The van der Waals surface area contributed by atoms with E-state index in [0.29, 0.717) is 11.5 Å². The maximum Gasteiger partial charge on any atom is 0.255 e. The molecule has 0 aromatic heterocycles. The Balaban J connectivity index is 2.67. The summed E-state index contributed by atoms with van der Waals surface area (Å²) >= 11 is 4.77. The molecule has 1 aromatic carbocycles. The van der Waals surface area contributed by atoms with E-state index in [-0.39, 0.29) is 23.0 Å². The molecular weight excluding hydrogens is 240 g/mol. The number of hydrogen-bond acceptors (Lipinski definition) is 4. The van der Waals surface area contributed by atoms with Crippen molar-refractivity contribution in [1.29, 1.82) is 0 Å². The summed E-state index contributed by atoms with van der Waals surface area (Å²) < 4.78 is 0. The fourth-order valence-corrected chi connectivity index (χ4v) is 1.24. The highest BCUT2D eigenvalue weighted by atomic mass is 32.1. The summed E-state index contributed by atoms with van der Waals surface area (Å²) in [6, 6.07) is 3.77. The van der Waals surface area contributed by atoms with Crippen molar-refractivity contribution in [2.24, 2.45) is 11.7 Å². The second kappa shape index (κ2) is 5.49. The predicted octanol–water partition coefficient (Wildman–Crippen LogP) is 0.750. The number of benzene rings is 1. The van der Waals surface area contributed by atoms with E-state index in [9.17, 15) is 9.90 Å². The lowest BCUT2D eigenvalue weighted by atomic mass is 10.1. The molecule has 1 atom stereocenters. The first-order valence-electron chi connectivity index (χ1n) is 5.01. The van der Waals surface area contributed by atoms with E-state index in [1.807, 2.05) is 0 Å². The van der Waals surface area contributed by atoms with Crippen molar-refractivity contribution in [2.45, 2.75) is 6.92 Å². The molecule has 5 N–H and O–H groups in total. The first kappa shape index (κ1) is 13.2. The van der Waals surface area contributed by atoms with Crippen LogP contribution in [0.3, 0.4) is 0 Å². The Bertz CT molecular complexity index is 448. The summed E-state index contributed by atoms with van der Waals surface area (Å²) in [6.45, 7) is 2.09. The minimum atomic E-state index is -0.439. The van der Waals surface area contributed by atoms with Crippen LogP contribution >= 0.6 is 12.2 Å². The first-order chi connectivity index (χ1) is 7.91. The molecule has 0 bridgehead atoms. The number of hydrogen-bond donors (Lipinski definition) is 4. The van der Waals surface area contributed by atoms with Gasteiger partial charge < -0.3 is 21.3 Å². The van der Waals surface area contributed by atoms with Gasteiger partial charge >= 0.3 is 0 Å². The van der Waals surface area contributed by atoms with Gasteiger partial charge in [0.1, 0.15) is 11.5 Å². The summed E-state index contributed by atoms with van der Waals surface area (Å²) in [4.78, 5) is 12.0. The van der Waals surface area contributed by atoms with Gasteiger partial charge in [-0.1, -0.05) is 19.1 Å². The zero-order valence-electron chi connectivity index (χ0n) is 9.30. The van der Waals surface area contributed by atoms with Crippen LogP contribution < -0.4 is 11.1 Å². The standard InChI is InChI=1S/C11H14N2O3S/c1-6(10(12)17)5-13-11(16)8-3-2-7(14)4-9(8)15/h2-4,6,14-15H,5H2,1H3,(H2,12,17)(H,13,16). The van der Waals surface area contributed by atoms with Gasteiger partial charge in [-0.15, -0.1) is 0 Å². The van der Waals surface area contributed by atoms with Crippen LogP contribution in [0.2, 0.25) is 0 Å². The SMILES string of the molecule is CC(CNC(=O)c1ccc(O)cc1O)C(N)=S. The summed E-state index contributed by atoms with van der Waals surface area (Å²) in [7, 11) is 0. The number of thiocarbonyl (C=S) groups is 1. The van der Waals surface area contributed by atoms with Crippen LogP contribution in [0.15, 0.2) is 18.2 Å². The zero-order valence-corrected chi connectivity index (χ0v) is 10.1. The molecule has 0 aliphatic carbocycles. The summed E-state index contributed by atoms with van der Waals surface area (Å²) in [5.74, 6) is -0.931. The van der Waals surface area contributed by atoms with Crippen molar-refractivity contribution in [3.05, 3.63) is 23.8 Å². The quantitative estimate of drug-likeness (QED) is 0.595. The lowest BCUT2D eigenvalue weighted by Gasteiger charge is -2.11. The number of phenolic OH excluding ortho intramolecular Hbond substituents is 2. The smallest absolute Gasteiger partial charge is 0.255 e. The third-order valence-corrected chi connectivity index (χ3v) is 2.68. The number of rotatable bonds is 4. The van der Waals surface area contributed by atoms with E-state index in [0.717, 1.165) is 6.07 Å². The fourth-order valence-electron chi connectivity index (χ4n) is 1.15. The average Bonchev–Trinajstić information content (AvgIpc) is 2.25. The van der Waals surface area contributed by atoms with Crippen molar-refractivity contribution < 1.29 is 15.0 Å². The lowest BCUT2D eigenvalue weighted by Crippen LogP contribution is -2.33. The fraction of sp³-hybridized carbons (Fsp3) is 0.273. The summed E-state index contributed by atoms with van der Waals surface area (Å²) in [5, 5.41) is 21.1. The molecule has 0 aliphatic heterocycles. The van der Waals surface area contributed by atoms with Crippen LogP contribution in [0, 0.1) is 5.92 Å². The Kier molecular flexibility index (Phi) is 4.28. The topological polar surface area (TPSA) is 95.6 Å². The maximum absolute atomic E-state index is 11.7. The van der Waals surface area contributed by atoms with Crippen LogP contribution in [0.25, 0.3) is 0 Å². The van der Waals surface area contributed by atoms with E-state index in [2.05, 4.69) is 5.32 Å². The van der Waals surface area contributed by atoms with E-state index in [1.54, 1.807) is 6.92 Å². The molecule has 0 saturated carbocycles. The van der Waals surface area contributed by atoms with Gasteiger partial charge in [0.05, 0.1) is 10.6 Å². The number of carbonyl (C=O) groups excluding carboxylic acids is 1.